The van der Waals surface area contributed by atoms with Crippen molar-refractivity contribution in [2.75, 3.05) is 5.32 Å². The summed E-state index contributed by atoms with van der Waals surface area (Å²) in [4.78, 5) is 18.0. The molecule has 1 atom stereocenters. The summed E-state index contributed by atoms with van der Waals surface area (Å²) in [5.41, 5.74) is 4.69. The van der Waals surface area contributed by atoms with Gasteiger partial charge in [-0.2, -0.15) is 4.98 Å². The van der Waals surface area contributed by atoms with E-state index in [1.807, 2.05) is 17.7 Å². The van der Waals surface area contributed by atoms with Gasteiger partial charge in [-0.3, -0.25) is 4.79 Å². The first-order valence-corrected chi connectivity index (χ1v) is 11.7. The number of aryl methyl sites for hydroxylation is 1. The Hall–Kier alpha value is -2.93. The summed E-state index contributed by atoms with van der Waals surface area (Å²) < 4.78 is 15.4. The van der Waals surface area contributed by atoms with Gasteiger partial charge in [-0.05, 0) is 42.0 Å². The Morgan fingerprint density at radius 1 is 1.19 bits per heavy atom. The van der Waals surface area contributed by atoms with Crippen molar-refractivity contribution in [2.24, 2.45) is 5.41 Å². The number of benzene rings is 2. The molecule has 5 nitrogen and oxygen atoms in total. The van der Waals surface area contributed by atoms with Crippen LogP contribution in [0.15, 0.2) is 65.0 Å². The van der Waals surface area contributed by atoms with Crippen LogP contribution < -0.4 is 5.32 Å². The Kier molecular flexibility index (Phi) is 5.16. The monoisotopic (exact) mass is 448 g/mol. The van der Waals surface area contributed by atoms with Crippen molar-refractivity contribution in [3.8, 4) is 0 Å². The highest BCUT2D eigenvalue weighted by atomic mass is 32.2. The Labute approximate surface area is 191 Å². The van der Waals surface area contributed by atoms with Crippen molar-refractivity contribution in [1.82, 2.24) is 14.8 Å². The minimum absolute atomic E-state index is 0.0993. The number of hydrogen-bond acceptors (Lipinski definition) is 5. The molecule has 0 saturated carbocycles. The highest BCUT2D eigenvalue weighted by Crippen LogP contribution is 2.45. The number of thioether (sulfide) groups is 1. The molecule has 1 aliphatic carbocycles. The Morgan fingerprint density at radius 3 is 2.72 bits per heavy atom. The van der Waals surface area contributed by atoms with Gasteiger partial charge < -0.3 is 5.32 Å². The second-order valence-corrected chi connectivity index (χ2v) is 10.3. The Balaban J connectivity index is 1.52. The van der Waals surface area contributed by atoms with E-state index in [0.29, 0.717) is 23.3 Å². The van der Waals surface area contributed by atoms with Gasteiger partial charge in [-0.25, -0.2) is 9.07 Å². The number of fused-ring (bicyclic) bond motifs is 1. The van der Waals surface area contributed by atoms with Crippen molar-refractivity contribution < 1.29 is 9.18 Å². The number of carbonyl (C=O) groups is 1. The van der Waals surface area contributed by atoms with Crippen LogP contribution >= 0.6 is 11.8 Å². The van der Waals surface area contributed by atoms with Gasteiger partial charge in [-0.1, -0.05) is 67.6 Å². The molecule has 0 bridgehead atoms. The van der Waals surface area contributed by atoms with E-state index in [-0.39, 0.29) is 23.1 Å². The molecular weight excluding hydrogens is 423 g/mol. The van der Waals surface area contributed by atoms with E-state index < -0.39 is 0 Å². The van der Waals surface area contributed by atoms with Crippen LogP contribution in [0.4, 0.5) is 10.3 Å². The molecule has 1 N–H and O–H groups in total. The van der Waals surface area contributed by atoms with E-state index in [1.54, 1.807) is 6.07 Å². The van der Waals surface area contributed by atoms with E-state index in [9.17, 15) is 9.18 Å². The summed E-state index contributed by atoms with van der Waals surface area (Å²) in [6, 6.07) is 14.5. The minimum atomic E-state index is -0.304. The second-order valence-electron chi connectivity index (χ2n) is 9.35. The van der Waals surface area contributed by atoms with E-state index in [0.717, 1.165) is 34.4 Å². The number of allylic oxidation sites excluding steroid dienone is 2. The normalized spacial score (nSPS) is 19.4. The predicted octanol–water partition coefficient (Wildman–Crippen LogP) is 5.68. The summed E-state index contributed by atoms with van der Waals surface area (Å²) in [5, 5.41) is 8.75. The highest BCUT2D eigenvalue weighted by Gasteiger charge is 2.41. The molecule has 0 radical (unpaired) electrons. The largest absolute Gasteiger partial charge is 0.328 e. The number of ketones is 1. The lowest BCUT2D eigenvalue weighted by molar-refractivity contribution is -0.118. The molecular formula is C25H25FN4OS. The number of halogens is 1. The molecule has 3 aromatic rings. The maximum Gasteiger partial charge on any atom is 0.227 e. The number of rotatable bonds is 4. The topological polar surface area (TPSA) is 59.8 Å². The van der Waals surface area contributed by atoms with E-state index in [1.165, 1.54) is 23.9 Å². The number of nitrogens with zero attached hydrogens (tertiary/aromatic N) is 3. The van der Waals surface area contributed by atoms with Gasteiger partial charge >= 0.3 is 0 Å². The SMILES string of the molecule is Cc1ccc([C@@H]2C3=C(CC(C)(C)CC3=O)Nc3nc(SCc4cccc(F)c4)nn32)cc1. The van der Waals surface area contributed by atoms with Crippen LogP contribution in [0.1, 0.15) is 49.4 Å². The molecule has 7 heteroatoms. The summed E-state index contributed by atoms with van der Waals surface area (Å²) >= 11 is 1.46. The standard InChI is InChI=1S/C25H25FN4OS/c1-15-7-9-17(10-8-15)22-21-19(12-25(2,3)13-20(21)31)27-23-28-24(29-30(22)23)32-14-16-5-4-6-18(26)11-16/h4-11,22H,12-14H2,1-3H3,(H,27,28,29)/t22-/m1/s1. The zero-order valence-electron chi connectivity index (χ0n) is 18.4. The number of anilines is 1. The third kappa shape index (κ3) is 3.97. The van der Waals surface area contributed by atoms with Crippen molar-refractivity contribution in [1.29, 1.82) is 0 Å². The average molecular weight is 449 g/mol. The Bertz CT molecular complexity index is 1230. The third-order valence-electron chi connectivity index (χ3n) is 5.96. The number of carbonyl (C=O) groups excluding carboxylic acids is 1. The van der Waals surface area contributed by atoms with Crippen molar-refractivity contribution in [3.63, 3.8) is 0 Å². The summed E-state index contributed by atoms with van der Waals surface area (Å²) in [6.07, 6.45) is 1.30. The molecule has 0 fully saturated rings. The summed E-state index contributed by atoms with van der Waals surface area (Å²) in [6.45, 7) is 6.29. The van der Waals surface area contributed by atoms with E-state index in [2.05, 4.69) is 43.4 Å². The molecule has 0 amide bonds. The van der Waals surface area contributed by atoms with Crippen LogP contribution in [0.2, 0.25) is 0 Å². The molecule has 2 heterocycles. The van der Waals surface area contributed by atoms with Gasteiger partial charge in [0.2, 0.25) is 11.1 Å². The first-order valence-electron chi connectivity index (χ1n) is 10.7. The highest BCUT2D eigenvalue weighted by molar-refractivity contribution is 7.98. The van der Waals surface area contributed by atoms with Crippen LogP contribution in [0, 0.1) is 18.2 Å². The van der Waals surface area contributed by atoms with E-state index >= 15 is 0 Å². The molecule has 2 aromatic carbocycles. The quantitative estimate of drug-likeness (QED) is 0.521. The van der Waals surface area contributed by atoms with Crippen LogP contribution in [0.3, 0.4) is 0 Å². The number of aromatic nitrogens is 3. The molecule has 1 aliphatic heterocycles. The maximum absolute atomic E-state index is 13.5. The lowest BCUT2D eigenvalue weighted by atomic mass is 9.73. The molecule has 5 rings (SSSR count). The Morgan fingerprint density at radius 2 is 1.97 bits per heavy atom. The second kappa shape index (κ2) is 7.89. The predicted molar refractivity (Wildman–Crippen MR) is 124 cm³/mol. The number of hydrogen-bond donors (Lipinski definition) is 1. The maximum atomic E-state index is 13.5. The third-order valence-corrected chi connectivity index (χ3v) is 6.87. The number of Topliss-reactive ketones (excluding diaryl/α,β-unsaturated/α-hetero) is 1. The van der Waals surface area contributed by atoms with Crippen molar-refractivity contribution in [3.05, 3.63) is 82.3 Å². The fourth-order valence-electron chi connectivity index (χ4n) is 4.48. The lowest BCUT2D eigenvalue weighted by Gasteiger charge is -2.38. The molecule has 0 unspecified atom stereocenters. The van der Waals surface area contributed by atoms with Gasteiger partial charge in [0.25, 0.3) is 0 Å². The molecule has 0 spiro atoms. The molecule has 2 aliphatic rings. The fraction of sp³-hybridized carbons (Fsp3) is 0.320. The molecule has 32 heavy (non-hydrogen) atoms. The van der Waals surface area contributed by atoms with Crippen molar-refractivity contribution >= 4 is 23.5 Å². The minimum Gasteiger partial charge on any atom is -0.328 e. The van der Waals surface area contributed by atoms with Crippen LogP contribution in [-0.2, 0) is 10.5 Å². The summed E-state index contributed by atoms with van der Waals surface area (Å²) in [7, 11) is 0. The van der Waals surface area contributed by atoms with Gasteiger partial charge in [0.05, 0.1) is 0 Å². The average Bonchev–Trinajstić information content (AvgIpc) is 3.13. The van der Waals surface area contributed by atoms with Gasteiger partial charge in [0, 0.05) is 23.4 Å². The van der Waals surface area contributed by atoms with Gasteiger partial charge in [0.1, 0.15) is 11.9 Å². The van der Waals surface area contributed by atoms with E-state index in [4.69, 9.17) is 10.1 Å². The van der Waals surface area contributed by atoms with Gasteiger partial charge in [0.15, 0.2) is 5.78 Å². The molecule has 164 valence electrons. The molecule has 0 saturated heterocycles. The van der Waals surface area contributed by atoms with Gasteiger partial charge in [-0.15, -0.1) is 5.10 Å². The fourth-order valence-corrected chi connectivity index (χ4v) is 5.25. The zero-order chi connectivity index (χ0) is 22.5. The first kappa shape index (κ1) is 20.9. The lowest BCUT2D eigenvalue weighted by Crippen LogP contribution is -2.36. The first-order chi connectivity index (χ1) is 15.3. The smallest absolute Gasteiger partial charge is 0.227 e. The van der Waals surface area contributed by atoms with Crippen LogP contribution in [0.25, 0.3) is 0 Å². The summed E-state index contributed by atoms with van der Waals surface area (Å²) in [5.74, 6) is 1.11. The van der Waals surface area contributed by atoms with Crippen LogP contribution in [-0.4, -0.2) is 20.5 Å². The number of nitrogens with one attached hydrogen (secondary N) is 1. The zero-order valence-corrected chi connectivity index (χ0v) is 19.2. The van der Waals surface area contributed by atoms with Crippen molar-refractivity contribution in [2.45, 2.75) is 50.6 Å². The van der Waals surface area contributed by atoms with Crippen LogP contribution in [0.5, 0.6) is 0 Å². The molecule has 1 aromatic heterocycles.